The summed E-state index contributed by atoms with van der Waals surface area (Å²) >= 11 is 5.30. The van der Waals surface area contributed by atoms with Gasteiger partial charge in [0, 0.05) is 11.8 Å². The highest BCUT2D eigenvalue weighted by molar-refractivity contribution is 6.14. The van der Waals surface area contributed by atoms with E-state index in [1.165, 1.54) is 6.33 Å². The number of rotatable bonds is 0. The smallest absolute Gasteiger partial charge is 0.149 e. The molecule has 0 radical (unpaired) electrons. The Morgan fingerprint density at radius 3 is 1.69 bits per heavy atom. The number of nitrogens with zero attached hydrogens (tertiary/aromatic N) is 3. The van der Waals surface area contributed by atoms with Gasteiger partial charge >= 0.3 is 0 Å². The summed E-state index contributed by atoms with van der Waals surface area (Å²) in [5.41, 5.74) is 0. The molecule has 2 rings (SSSR count). The summed E-state index contributed by atoms with van der Waals surface area (Å²) in [5, 5.41) is 3.68. The standard InChI is InChI=1S/C6H6.C3H4ClN3/c1-2-4-6-5-3-1;1-3-5-2-7(4)6-3/h1-6H;2H,1H3. The molecule has 0 spiro atoms. The van der Waals surface area contributed by atoms with Crippen LogP contribution in [0.2, 0.25) is 0 Å². The fourth-order valence-electron chi connectivity index (χ4n) is 0.706. The molecule has 0 saturated carbocycles. The fourth-order valence-corrected chi connectivity index (χ4v) is 0.859. The minimum absolute atomic E-state index is 0.690. The fraction of sp³-hybridized carbons (Fsp3) is 0.111. The summed E-state index contributed by atoms with van der Waals surface area (Å²) in [6.45, 7) is 1.78. The summed E-state index contributed by atoms with van der Waals surface area (Å²) in [6, 6.07) is 12.0. The number of halogens is 1. The Kier molecular flexibility index (Phi) is 3.99. The third-order valence-corrected chi connectivity index (χ3v) is 1.41. The number of aromatic nitrogens is 3. The van der Waals surface area contributed by atoms with Gasteiger partial charge in [0.2, 0.25) is 0 Å². The normalized spacial score (nSPS) is 8.77. The molecule has 0 fully saturated rings. The highest BCUT2D eigenvalue weighted by Crippen LogP contribution is 1.85. The first-order chi connectivity index (χ1) is 6.29. The molecule has 0 saturated heterocycles. The Labute approximate surface area is 82.1 Å². The monoisotopic (exact) mass is 195 g/mol. The van der Waals surface area contributed by atoms with E-state index in [1.54, 1.807) is 6.92 Å². The quantitative estimate of drug-likeness (QED) is 0.646. The lowest BCUT2D eigenvalue weighted by molar-refractivity contribution is 0.962. The molecule has 0 aliphatic heterocycles. The van der Waals surface area contributed by atoms with Crippen molar-refractivity contribution in [1.29, 1.82) is 0 Å². The zero-order chi connectivity index (χ0) is 9.52. The maximum Gasteiger partial charge on any atom is 0.149 e. The number of aryl methyl sites for hydroxylation is 1. The van der Waals surface area contributed by atoms with E-state index in [0.717, 1.165) is 4.20 Å². The summed E-state index contributed by atoms with van der Waals surface area (Å²) in [5.74, 6) is 0.690. The van der Waals surface area contributed by atoms with Crippen LogP contribution >= 0.6 is 11.8 Å². The molecule has 0 unspecified atom stereocenters. The lowest BCUT2D eigenvalue weighted by Crippen LogP contribution is -1.77. The lowest BCUT2D eigenvalue weighted by Gasteiger charge is -1.72. The molecule has 2 aromatic rings. The van der Waals surface area contributed by atoms with Crippen molar-refractivity contribution < 1.29 is 0 Å². The zero-order valence-corrected chi connectivity index (χ0v) is 8.02. The first-order valence-corrected chi connectivity index (χ1v) is 4.17. The Hall–Kier alpha value is -1.35. The van der Waals surface area contributed by atoms with Crippen LogP contribution in [0.25, 0.3) is 0 Å². The predicted molar refractivity (Wildman–Crippen MR) is 52.5 cm³/mol. The van der Waals surface area contributed by atoms with Gasteiger partial charge in [0.15, 0.2) is 0 Å². The molecule has 3 nitrogen and oxygen atoms in total. The van der Waals surface area contributed by atoms with E-state index < -0.39 is 0 Å². The van der Waals surface area contributed by atoms with E-state index >= 15 is 0 Å². The zero-order valence-electron chi connectivity index (χ0n) is 7.26. The molecule has 13 heavy (non-hydrogen) atoms. The second-order valence-electron chi connectivity index (χ2n) is 2.34. The Balaban J connectivity index is 0.000000132. The molecule has 0 aliphatic rings. The third kappa shape index (κ3) is 4.28. The van der Waals surface area contributed by atoms with Gasteiger partial charge < -0.3 is 0 Å². The number of hydrogen-bond donors (Lipinski definition) is 0. The van der Waals surface area contributed by atoms with Crippen molar-refractivity contribution in [3.05, 3.63) is 48.5 Å². The summed E-state index contributed by atoms with van der Waals surface area (Å²) in [6.07, 6.45) is 1.44. The average Bonchev–Trinajstić information content (AvgIpc) is 2.54. The van der Waals surface area contributed by atoms with E-state index in [4.69, 9.17) is 11.8 Å². The van der Waals surface area contributed by atoms with Crippen molar-refractivity contribution in [1.82, 2.24) is 14.3 Å². The Morgan fingerprint density at radius 1 is 1.08 bits per heavy atom. The molecular weight excluding hydrogens is 186 g/mol. The topological polar surface area (TPSA) is 30.7 Å². The van der Waals surface area contributed by atoms with Gasteiger partial charge in [-0.3, -0.25) is 0 Å². The molecule has 1 aromatic heterocycles. The van der Waals surface area contributed by atoms with Crippen molar-refractivity contribution in [3.8, 4) is 0 Å². The maximum absolute atomic E-state index is 5.30. The van der Waals surface area contributed by atoms with Crippen LogP contribution in [0.3, 0.4) is 0 Å². The van der Waals surface area contributed by atoms with Crippen LogP contribution < -0.4 is 0 Å². The van der Waals surface area contributed by atoms with Crippen molar-refractivity contribution in [2.45, 2.75) is 6.92 Å². The van der Waals surface area contributed by atoms with Crippen LogP contribution in [-0.4, -0.2) is 14.3 Å². The minimum atomic E-state index is 0.690. The van der Waals surface area contributed by atoms with Crippen molar-refractivity contribution in [2.24, 2.45) is 0 Å². The van der Waals surface area contributed by atoms with Gasteiger partial charge in [0.25, 0.3) is 0 Å². The predicted octanol–water partition coefficient (Wildman–Crippen LogP) is 2.28. The van der Waals surface area contributed by atoms with Crippen molar-refractivity contribution in [3.63, 3.8) is 0 Å². The molecule has 0 aliphatic carbocycles. The third-order valence-electron chi connectivity index (χ3n) is 1.25. The second-order valence-corrected chi connectivity index (χ2v) is 2.68. The largest absolute Gasteiger partial charge is 0.219 e. The van der Waals surface area contributed by atoms with E-state index in [1.807, 2.05) is 36.4 Å². The maximum atomic E-state index is 5.30. The highest BCUT2D eigenvalue weighted by atomic mass is 35.5. The summed E-state index contributed by atoms with van der Waals surface area (Å²) in [7, 11) is 0. The molecular formula is C9H10ClN3. The van der Waals surface area contributed by atoms with E-state index in [0.29, 0.717) is 5.82 Å². The van der Waals surface area contributed by atoms with Crippen LogP contribution in [-0.2, 0) is 0 Å². The first kappa shape index (κ1) is 9.74. The van der Waals surface area contributed by atoms with Gasteiger partial charge in [-0.2, -0.15) is 4.20 Å². The Morgan fingerprint density at radius 2 is 1.54 bits per heavy atom. The number of hydrogen-bond acceptors (Lipinski definition) is 2. The molecule has 1 heterocycles. The molecule has 0 N–H and O–H groups in total. The second kappa shape index (κ2) is 5.32. The summed E-state index contributed by atoms with van der Waals surface area (Å²) in [4.78, 5) is 3.74. The van der Waals surface area contributed by atoms with Crippen LogP contribution in [0.4, 0.5) is 0 Å². The highest BCUT2D eigenvalue weighted by Gasteiger charge is 1.85. The Bertz CT molecular complexity index is 288. The molecule has 0 amide bonds. The van der Waals surface area contributed by atoms with Gasteiger partial charge in [-0.05, 0) is 6.92 Å². The van der Waals surface area contributed by atoms with Gasteiger partial charge in [-0.1, -0.05) is 36.4 Å². The van der Waals surface area contributed by atoms with Crippen molar-refractivity contribution in [2.75, 3.05) is 0 Å². The molecule has 68 valence electrons. The molecule has 0 bridgehead atoms. The van der Waals surface area contributed by atoms with Gasteiger partial charge in [0.05, 0.1) is 0 Å². The summed E-state index contributed by atoms with van der Waals surface area (Å²) < 4.78 is 1.15. The minimum Gasteiger partial charge on any atom is -0.219 e. The van der Waals surface area contributed by atoms with Crippen LogP contribution in [0.15, 0.2) is 42.7 Å². The number of benzene rings is 1. The lowest BCUT2D eigenvalue weighted by atomic mass is 10.4. The van der Waals surface area contributed by atoms with E-state index in [9.17, 15) is 0 Å². The van der Waals surface area contributed by atoms with Crippen LogP contribution in [0, 0.1) is 6.92 Å². The SMILES string of the molecule is Cc1ncn(Cl)n1.c1ccccc1. The molecule has 1 aromatic carbocycles. The van der Waals surface area contributed by atoms with E-state index in [2.05, 4.69) is 10.1 Å². The van der Waals surface area contributed by atoms with Gasteiger partial charge in [-0.25, -0.2) is 4.98 Å². The van der Waals surface area contributed by atoms with Crippen molar-refractivity contribution >= 4 is 11.8 Å². The van der Waals surface area contributed by atoms with Crippen LogP contribution in [0.5, 0.6) is 0 Å². The average molecular weight is 196 g/mol. The van der Waals surface area contributed by atoms with Gasteiger partial charge in [0.1, 0.15) is 12.2 Å². The molecule has 4 heteroatoms. The van der Waals surface area contributed by atoms with Gasteiger partial charge in [-0.15, -0.1) is 5.10 Å². The molecule has 0 atom stereocenters. The first-order valence-electron chi connectivity index (χ1n) is 3.83. The van der Waals surface area contributed by atoms with Crippen LogP contribution in [0.1, 0.15) is 5.82 Å². The van der Waals surface area contributed by atoms with E-state index in [-0.39, 0.29) is 0 Å².